The van der Waals surface area contributed by atoms with Crippen molar-refractivity contribution in [3.63, 3.8) is 0 Å². The Morgan fingerprint density at radius 2 is 2.53 bits per heavy atom. The molecule has 1 fully saturated rings. The summed E-state index contributed by atoms with van der Waals surface area (Å²) >= 11 is 3.45. The molecule has 0 radical (unpaired) electrons. The van der Waals surface area contributed by atoms with Gasteiger partial charge in [0.05, 0.1) is 10.6 Å². The van der Waals surface area contributed by atoms with Crippen molar-refractivity contribution in [2.75, 3.05) is 18.5 Å². The lowest BCUT2D eigenvalue weighted by molar-refractivity contribution is 0.120. The van der Waals surface area contributed by atoms with Crippen LogP contribution in [0, 0.1) is 0 Å². The molecule has 0 spiro atoms. The number of halogens is 1. The molecule has 0 bridgehead atoms. The number of pyridine rings is 1. The fraction of sp³-hybridized carbons (Fsp3) is 0.455. The van der Waals surface area contributed by atoms with E-state index in [1.165, 1.54) is 0 Å². The predicted octanol–water partition coefficient (Wildman–Crippen LogP) is 2.08. The molecule has 1 aliphatic heterocycles. The summed E-state index contributed by atoms with van der Waals surface area (Å²) in [7, 11) is 0. The Morgan fingerprint density at radius 1 is 1.59 bits per heavy atom. The van der Waals surface area contributed by atoms with E-state index in [4.69, 9.17) is 4.74 Å². The molecule has 0 saturated carbocycles. The molecule has 1 saturated heterocycles. The van der Waals surface area contributed by atoms with Gasteiger partial charge in [-0.3, -0.25) is 0 Å². The Balaban J connectivity index is 1.74. The van der Waals surface area contributed by atoms with Crippen molar-refractivity contribution in [1.82, 2.24) is 14.6 Å². The van der Waals surface area contributed by atoms with E-state index in [0.29, 0.717) is 12.1 Å². The van der Waals surface area contributed by atoms with Crippen LogP contribution in [0.4, 0.5) is 5.95 Å². The number of nitrogens with zero attached hydrogens (tertiary/aromatic N) is 3. The second-order valence-corrected chi connectivity index (χ2v) is 4.93. The lowest BCUT2D eigenvalue weighted by atomic mass is 10.2. The van der Waals surface area contributed by atoms with Crippen LogP contribution in [0.3, 0.4) is 0 Å². The number of ether oxygens (including phenoxy) is 1. The Kier molecular flexibility index (Phi) is 2.98. The third-order valence-corrected chi connectivity index (χ3v) is 3.45. The molecule has 1 unspecified atom stereocenters. The fourth-order valence-electron chi connectivity index (χ4n) is 1.96. The van der Waals surface area contributed by atoms with E-state index >= 15 is 0 Å². The van der Waals surface area contributed by atoms with Gasteiger partial charge in [-0.05, 0) is 40.9 Å². The average Bonchev–Trinajstić information content (AvgIpc) is 2.95. The minimum Gasteiger partial charge on any atom is -0.376 e. The van der Waals surface area contributed by atoms with Gasteiger partial charge < -0.3 is 10.1 Å². The SMILES string of the molecule is Brc1cccn2nc(NCC3CCCO3)nc12. The molecule has 90 valence electrons. The van der Waals surface area contributed by atoms with E-state index in [2.05, 4.69) is 31.3 Å². The van der Waals surface area contributed by atoms with Crippen LogP contribution in [0.1, 0.15) is 12.8 Å². The lowest BCUT2D eigenvalue weighted by Gasteiger charge is -2.08. The van der Waals surface area contributed by atoms with Gasteiger partial charge in [0.15, 0.2) is 5.65 Å². The van der Waals surface area contributed by atoms with Crippen LogP contribution < -0.4 is 5.32 Å². The van der Waals surface area contributed by atoms with E-state index in [1.807, 2.05) is 18.3 Å². The first-order chi connectivity index (χ1) is 8.33. The van der Waals surface area contributed by atoms with Crippen molar-refractivity contribution in [3.8, 4) is 0 Å². The minimum absolute atomic E-state index is 0.296. The topological polar surface area (TPSA) is 51.5 Å². The van der Waals surface area contributed by atoms with Crippen molar-refractivity contribution in [3.05, 3.63) is 22.8 Å². The molecule has 0 amide bonds. The zero-order valence-electron chi connectivity index (χ0n) is 9.27. The number of fused-ring (bicyclic) bond motifs is 1. The third-order valence-electron chi connectivity index (χ3n) is 2.83. The zero-order valence-corrected chi connectivity index (χ0v) is 10.9. The van der Waals surface area contributed by atoms with E-state index in [0.717, 1.165) is 36.1 Å². The highest BCUT2D eigenvalue weighted by Crippen LogP contribution is 2.17. The van der Waals surface area contributed by atoms with Crippen LogP contribution in [0.5, 0.6) is 0 Å². The Labute approximate surface area is 107 Å². The van der Waals surface area contributed by atoms with Gasteiger partial charge in [0.25, 0.3) is 0 Å². The number of hydrogen-bond donors (Lipinski definition) is 1. The first kappa shape index (κ1) is 11.0. The highest BCUT2D eigenvalue weighted by Gasteiger charge is 2.16. The van der Waals surface area contributed by atoms with Crippen molar-refractivity contribution in [2.45, 2.75) is 18.9 Å². The third kappa shape index (κ3) is 2.28. The van der Waals surface area contributed by atoms with Crippen LogP contribution >= 0.6 is 15.9 Å². The maximum absolute atomic E-state index is 5.54. The number of nitrogens with one attached hydrogen (secondary N) is 1. The summed E-state index contributed by atoms with van der Waals surface area (Å²) in [5.41, 5.74) is 0.822. The predicted molar refractivity (Wildman–Crippen MR) is 68.2 cm³/mol. The maximum Gasteiger partial charge on any atom is 0.243 e. The number of rotatable bonds is 3. The van der Waals surface area contributed by atoms with Crippen molar-refractivity contribution in [1.29, 1.82) is 0 Å². The highest BCUT2D eigenvalue weighted by molar-refractivity contribution is 9.10. The van der Waals surface area contributed by atoms with Gasteiger partial charge in [-0.15, -0.1) is 5.10 Å². The Bertz CT molecular complexity index is 521. The summed E-state index contributed by atoms with van der Waals surface area (Å²) in [6.45, 7) is 1.64. The summed E-state index contributed by atoms with van der Waals surface area (Å²) < 4.78 is 8.23. The molecule has 3 rings (SSSR count). The van der Waals surface area contributed by atoms with Gasteiger partial charge in [0.2, 0.25) is 5.95 Å². The molecular formula is C11H13BrN4O. The minimum atomic E-state index is 0.296. The molecular weight excluding hydrogens is 284 g/mol. The van der Waals surface area contributed by atoms with Gasteiger partial charge in [-0.2, -0.15) is 4.98 Å². The van der Waals surface area contributed by atoms with Crippen molar-refractivity contribution in [2.24, 2.45) is 0 Å². The zero-order chi connectivity index (χ0) is 11.7. The number of anilines is 1. The largest absolute Gasteiger partial charge is 0.376 e. The normalized spacial score (nSPS) is 19.9. The molecule has 1 N–H and O–H groups in total. The van der Waals surface area contributed by atoms with E-state index in [1.54, 1.807) is 4.52 Å². The maximum atomic E-state index is 5.54. The molecule has 2 aromatic rings. The number of aromatic nitrogens is 3. The van der Waals surface area contributed by atoms with Crippen LogP contribution in [-0.2, 0) is 4.74 Å². The van der Waals surface area contributed by atoms with Crippen LogP contribution in [-0.4, -0.2) is 33.9 Å². The second-order valence-electron chi connectivity index (χ2n) is 4.08. The van der Waals surface area contributed by atoms with Gasteiger partial charge in [0, 0.05) is 19.3 Å². The van der Waals surface area contributed by atoms with Gasteiger partial charge >= 0.3 is 0 Å². The van der Waals surface area contributed by atoms with Crippen LogP contribution in [0.25, 0.3) is 5.65 Å². The molecule has 3 heterocycles. The Hall–Kier alpha value is -1.14. The molecule has 0 aromatic carbocycles. The standard InChI is InChI=1S/C11H13BrN4O/c12-9-4-1-5-16-10(9)14-11(15-16)13-7-8-3-2-6-17-8/h1,4-5,8H,2-3,6-7H2,(H,13,15). The second kappa shape index (κ2) is 4.62. The van der Waals surface area contributed by atoms with E-state index < -0.39 is 0 Å². The fourth-order valence-corrected chi connectivity index (χ4v) is 2.38. The van der Waals surface area contributed by atoms with E-state index in [9.17, 15) is 0 Å². The quantitative estimate of drug-likeness (QED) is 0.942. The van der Waals surface area contributed by atoms with Crippen molar-refractivity contribution < 1.29 is 4.74 Å². The summed E-state index contributed by atoms with van der Waals surface area (Å²) in [6.07, 6.45) is 4.44. The molecule has 6 heteroatoms. The van der Waals surface area contributed by atoms with Crippen LogP contribution in [0.15, 0.2) is 22.8 Å². The first-order valence-corrected chi connectivity index (χ1v) is 6.48. The summed E-state index contributed by atoms with van der Waals surface area (Å²) in [6, 6.07) is 3.88. The van der Waals surface area contributed by atoms with Gasteiger partial charge in [0.1, 0.15) is 0 Å². The molecule has 1 aliphatic rings. The van der Waals surface area contributed by atoms with Crippen LogP contribution in [0.2, 0.25) is 0 Å². The lowest BCUT2D eigenvalue weighted by Crippen LogP contribution is -2.18. The molecule has 5 nitrogen and oxygen atoms in total. The van der Waals surface area contributed by atoms with Crippen molar-refractivity contribution >= 4 is 27.5 Å². The summed E-state index contributed by atoms with van der Waals surface area (Å²) in [5.74, 6) is 0.646. The molecule has 1 atom stereocenters. The Morgan fingerprint density at radius 3 is 3.29 bits per heavy atom. The number of hydrogen-bond acceptors (Lipinski definition) is 4. The monoisotopic (exact) mass is 296 g/mol. The first-order valence-electron chi connectivity index (χ1n) is 5.69. The smallest absolute Gasteiger partial charge is 0.243 e. The van der Waals surface area contributed by atoms with E-state index in [-0.39, 0.29) is 0 Å². The molecule has 0 aliphatic carbocycles. The highest BCUT2D eigenvalue weighted by atomic mass is 79.9. The molecule has 2 aromatic heterocycles. The van der Waals surface area contributed by atoms with Gasteiger partial charge in [-0.25, -0.2) is 4.52 Å². The van der Waals surface area contributed by atoms with Gasteiger partial charge in [-0.1, -0.05) is 0 Å². The molecule has 17 heavy (non-hydrogen) atoms. The summed E-state index contributed by atoms with van der Waals surface area (Å²) in [4.78, 5) is 4.41. The summed E-state index contributed by atoms with van der Waals surface area (Å²) in [5, 5.41) is 7.56. The average molecular weight is 297 g/mol.